The zero-order valence-corrected chi connectivity index (χ0v) is 21.3. The molecule has 3 atom stereocenters. The molecule has 1 aliphatic heterocycles. The quantitative estimate of drug-likeness (QED) is 0.273. The number of hydrazine groups is 1. The fourth-order valence-corrected chi connectivity index (χ4v) is 5.92. The van der Waals surface area contributed by atoms with Crippen LogP contribution in [0.5, 0.6) is 5.75 Å². The van der Waals surface area contributed by atoms with Crippen LogP contribution in [-0.4, -0.2) is 21.9 Å². The number of phenolic OH excluding ortho intramolecular Hbond substituents is 1. The van der Waals surface area contributed by atoms with Crippen LogP contribution in [0.4, 0.5) is 10.1 Å². The van der Waals surface area contributed by atoms with Crippen LogP contribution in [-0.2, 0) is 21.4 Å². The number of nitrogens with one attached hydrogen (secondary N) is 1. The number of amides is 2. The molecule has 2 N–H and O–H groups in total. The monoisotopic (exact) mass is 528 g/mol. The number of fused-ring (bicyclic) bond motifs is 1. The van der Waals surface area contributed by atoms with E-state index in [1.807, 2.05) is 12.1 Å². The van der Waals surface area contributed by atoms with Crippen LogP contribution in [0.25, 0.3) is 0 Å². The number of imide groups is 1. The molecule has 1 aliphatic carbocycles. The number of halogens is 2. The van der Waals surface area contributed by atoms with Gasteiger partial charge in [0, 0.05) is 16.5 Å². The molecule has 1 heterocycles. The van der Waals surface area contributed by atoms with Gasteiger partial charge in [-0.15, -0.1) is 6.58 Å². The van der Waals surface area contributed by atoms with E-state index in [-0.39, 0.29) is 5.75 Å². The summed E-state index contributed by atoms with van der Waals surface area (Å²) in [4.78, 5) is 28.5. The Morgan fingerprint density at radius 1 is 1.08 bits per heavy atom. The number of hydrogen-bond donors (Lipinski definition) is 2. The Bertz CT molecular complexity index is 1470. The van der Waals surface area contributed by atoms with Gasteiger partial charge in [0.2, 0.25) is 0 Å². The molecule has 5 nitrogen and oxygen atoms in total. The maximum atomic E-state index is 14.6. The summed E-state index contributed by atoms with van der Waals surface area (Å²) in [7, 11) is 0. The summed E-state index contributed by atoms with van der Waals surface area (Å²) in [5.41, 5.74) is 4.38. The molecule has 0 radical (unpaired) electrons. The van der Waals surface area contributed by atoms with E-state index in [1.54, 1.807) is 48.6 Å². The largest absolute Gasteiger partial charge is 0.507 e. The minimum absolute atomic E-state index is 0.0457. The number of para-hydroxylation sites is 1. The smallest absolute Gasteiger partial charge is 0.260 e. The minimum atomic E-state index is -1.41. The van der Waals surface area contributed by atoms with Crippen LogP contribution in [0, 0.1) is 11.7 Å². The summed E-state index contributed by atoms with van der Waals surface area (Å²) in [5.74, 6) is -2.79. The van der Waals surface area contributed by atoms with Crippen LogP contribution in [0.3, 0.4) is 0 Å². The van der Waals surface area contributed by atoms with Crippen molar-refractivity contribution < 1.29 is 19.1 Å². The topological polar surface area (TPSA) is 69.6 Å². The summed E-state index contributed by atoms with van der Waals surface area (Å²) in [6, 6.07) is 17.7. The molecule has 3 aromatic rings. The molecule has 0 bridgehead atoms. The third-order valence-electron chi connectivity index (χ3n) is 7.47. The minimum Gasteiger partial charge on any atom is -0.507 e. The molecule has 5 rings (SSSR count). The molecular formula is C31H26ClFN2O3. The first-order valence-electron chi connectivity index (χ1n) is 12.2. The van der Waals surface area contributed by atoms with Gasteiger partial charge in [0.05, 0.1) is 17.0 Å². The lowest BCUT2D eigenvalue weighted by molar-refractivity contribution is -0.138. The van der Waals surface area contributed by atoms with Crippen molar-refractivity contribution in [2.45, 2.75) is 24.2 Å². The predicted molar refractivity (Wildman–Crippen MR) is 146 cm³/mol. The maximum Gasteiger partial charge on any atom is 0.260 e. The third-order valence-corrected chi connectivity index (χ3v) is 7.72. The third kappa shape index (κ3) is 3.92. The number of carbonyl (C=O) groups excluding carboxylic acids is 2. The normalized spacial score (nSPS) is 22.6. The molecule has 2 amide bonds. The van der Waals surface area contributed by atoms with E-state index >= 15 is 0 Å². The van der Waals surface area contributed by atoms with E-state index in [0.29, 0.717) is 40.2 Å². The number of allylic oxidation sites excluding steroid dienone is 4. The van der Waals surface area contributed by atoms with Crippen molar-refractivity contribution >= 4 is 29.1 Å². The van der Waals surface area contributed by atoms with Crippen molar-refractivity contribution in [3.05, 3.63) is 131 Å². The Hall–Kier alpha value is -4.16. The van der Waals surface area contributed by atoms with Gasteiger partial charge in [-0.05, 0) is 65.9 Å². The molecular weight excluding hydrogens is 503 g/mol. The zero-order valence-electron chi connectivity index (χ0n) is 20.5. The summed E-state index contributed by atoms with van der Waals surface area (Å²) in [6.07, 6.45) is 6.00. The van der Waals surface area contributed by atoms with Crippen molar-refractivity contribution in [2.24, 2.45) is 5.92 Å². The van der Waals surface area contributed by atoms with Gasteiger partial charge in [-0.2, -0.15) is 5.01 Å². The van der Waals surface area contributed by atoms with E-state index in [1.165, 1.54) is 24.3 Å². The van der Waals surface area contributed by atoms with Crippen LogP contribution in [0.2, 0.25) is 5.02 Å². The molecule has 0 aromatic heterocycles. The highest BCUT2D eigenvalue weighted by Crippen LogP contribution is 2.59. The highest BCUT2D eigenvalue weighted by molar-refractivity contribution is 6.30. The summed E-state index contributed by atoms with van der Waals surface area (Å²) < 4.78 is 13.5. The van der Waals surface area contributed by atoms with Crippen LogP contribution < -0.4 is 5.43 Å². The number of anilines is 1. The zero-order chi connectivity index (χ0) is 27.0. The Morgan fingerprint density at radius 3 is 2.45 bits per heavy atom. The van der Waals surface area contributed by atoms with Crippen LogP contribution >= 0.6 is 11.6 Å². The molecule has 0 spiro atoms. The fraction of sp³-hybridized carbons (Fsp3) is 0.161. The van der Waals surface area contributed by atoms with Gasteiger partial charge in [0.1, 0.15) is 11.6 Å². The first-order chi connectivity index (χ1) is 18.3. The van der Waals surface area contributed by atoms with E-state index in [4.69, 9.17) is 11.6 Å². The lowest BCUT2D eigenvalue weighted by atomic mass is 9.56. The highest BCUT2D eigenvalue weighted by Gasteiger charge is 2.66. The Balaban J connectivity index is 1.75. The summed E-state index contributed by atoms with van der Waals surface area (Å²) >= 11 is 6.21. The molecule has 7 heteroatoms. The molecule has 0 saturated carbocycles. The fourth-order valence-electron chi connectivity index (χ4n) is 5.80. The molecule has 38 heavy (non-hydrogen) atoms. The van der Waals surface area contributed by atoms with Crippen molar-refractivity contribution in [1.82, 2.24) is 5.01 Å². The molecule has 192 valence electrons. The molecule has 1 saturated heterocycles. The van der Waals surface area contributed by atoms with Gasteiger partial charge >= 0.3 is 0 Å². The highest BCUT2D eigenvalue weighted by atomic mass is 35.5. The summed E-state index contributed by atoms with van der Waals surface area (Å²) in [5, 5.41) is 12.9. The predicted octanol–water partition coefficient (Wildman–Crippen LogP) is 6.46. The van der Waals surface area contributed by atoms with Gasteiger partial charge in [-0.1, -0.05) is 66.7 Å². The summed E-state index contributed by atoms with van der Waals surface area (Å²) in [6.45, 7) is 7.77. The first kappa shape index (κ1) is 25.5. The molecule has 2 aliphatic rings. The second-order valence-electron chi connectivity index (χ2n) is 9.45. The number of benzene rings is 3. The van der Waals surface area contributed by atoms with Crippen LogP contribution in [0.1, 0.15) is 29.0 Å². The maximum absolute atomic E-state index is 14.6. The average molecular weight is 529 g/mol. The molecule has 3 unspecified atom stereocenters. The van der Waals surface area contributed by atoms with Crippen molar-refractivity contribution in [3.63, 3.8) is 0 Å². The number of nitrogens with zero attached hydrogens (tertiary/aromatic N) is 1. The van der Waals surface area contributed by atoms with Gasteiger partial charge in [0.25, 0.3) is 11.8 Å². The standard InChI is InChI=1S/C31H26ClFN2O3/c1-3-6-20-7-5-8-25(28(20)36)27-19(4-2)9-18-26-29(37)35(34-24-16-14-23(33)15-17-24)30(38)31(26,27)21-10-12-22(32)13-11-21/h3-5,7-17,26-27,34,36H,1-2,6,18H2. The lowest BCUT2D eigenvalue weighted by Gasteiger charge is -2.43. The number of phenols is 1. The van der Waals surface area contributed by atoms with Crippen LogP contribution in [0.15, 0.2) is 104 Å². The van der Waals surface area contributed by atoms with E-state index in [2.05, 4.69) is 18.6 Å². The van der Waals surface area contributed by atoms with Crippen molar-refractivity contribution in [3.8, 4) is 5.75 Å². The van der Waals surface area contributed by atoms with E-state index in [9.17, 15) is 19.1 Å². The van der Waals surface area contributed by atoms with Gasteiger partial charge in [0.15, 0.2) is 0 Å². The van der Waals surface area contributed by atoms with Gasteiger partial charge in [-0.25, -0.2) is 4.39 Å². The Morgan fingerprint density at radius 2 is 1.79 bits per heavy atom. The number of hydrogen-bond acceptors (Lipinski definition) is 4. The SMILES string of the molecule is C=CCc1cccc(C2C(C=C)=CCC3C(=O)N(Nc4ccc(F)cc4)C(=O)C32c2ccc(Cl)cc2)c1O. The molecule has 1 fully saturated rings. The van der Waals surface area contributed by atoms with E-state index < -0.39 is 34.9 Å². The number of rotatable bonds is 7. The number of carbonyl (C=O) groups is 2. The van der Waals surface area contributed by atoms with Crippen molar-refractivity contribution in [1.29, 1.82) is 0 Å². The number of aromatic hydroxyl groups is 1. The lowest BCUT2D eigenvalue weighted by Crippen LogP contribution is -2.48. The average Bonchev–Trinajstić information content (AvgIpc) is 3.13. The molecule has 3 aromatic carbocycles. The van der Waals surface area contributed by atoms with Crippen molar-refractivity contribution in [2.75, 3.05) is 5.43 Å². The van der Waals surface area contributed by atoms with Gasteiger partial charge < -0.3 is 5.11 Å². The van der Waals surface area contributed by atoms with E-state index in [0.717, 1.165) is 10.6 Å². The Labute approximate surface area is 225 Å². The second-order valence-corrected chi connectivity index (χ2v) is 9.89. The first-order valence-corrected chi connectivity index (χ1v) is 12.6. The Kier molecular flexibility index (Phi) is 6.67. The second kappa shape index (κ2) is 9.95. The van der Waals surface area contributed by atoms with Gasteiger partial charge in [-0.3, -0.25) is 15.0 Å².